The first-order valence-corrected chi connectivity index (χ1v) is 9.40. The Kier molecular flexibility index (Phi) is 5.35. The van der Waals surface area contributed by atoms with Gasteiger partial charge in [0.1, 0.15) is 5.56 Å². The quantitative estimate of drug-likeness (QED) is 0.877. The maximum Gasteiger partial charge on any atom is 0.339 e. The highest BCUT2D eigenvalue weighted by atomic mass is 16.4. The number of amides is 1. The standard InChI is InChI=1S/C21H27N3O3/c1-15-18(19(25)26)14-22-24(15)17-9-11-23(12-10-17)20(27)21(2,3)13-16-7-5-4-6-8-16/h4-8,14,17H,9-13H2,1-3H3,(H,25,26). The van der Waals surface area contributed by atoms with Crippen LogP contribution in [0, 0.1) is 12.3 Å². The van der Waals surface area contributed by atoms with Gasteiger partial charge in [-0.2, -0.15) is 5.10 Å². The van der Waals surface area contributed by atoms with Crippen molar-refractivity contribution in [3.8, 4) is 0 Å². The van der Waals surface area contributed by atoms with E-state index in [1.165, 1.54) is 11.8 Å². The molecule has 2 aromatic rings. The van der Waals surface area contributed by atoms with E-state index in [-0.39, 0.29) is 17.5 Å². The molecule has 1 aromatic carbocycles. The van der Waals surface area contributed by atoms with Gasteiger partial charge >= 0.3 is 5.97 Å². The summed E-state index contributed by atoms with van der Waals surface area (Å²) in [5.41, 5.74) is 1.64. The molecule has 0 spiro atoms. The Morgan fingerprint density at radius 3 is 2.37 bits per heavy atom. The van der Waals surface area contributed by atoms with E-state index >= 15 is 0 Å². The van der Waals surface area contributed by atoms with Gasteiger partial charge in [0.25, 0.3) is 0 Å². The normalized spacial score (nSPS) is 15.7. The summed E-state index contributed by atoms with van der Waals surface area (Å²) >= 11 is 0. The number of carbonyl (C=O) groups is 2. The zero-order chi connectivity index (χ0) is 19.6. The molecule has 0 saturated carbocycles. The number of hydrogen-bond donors (Lipinski definition) is 1. The molecule has 0 bridgehead atoms. The number of likely N-dealkylation sites (tertiary alicyclic amines) is 1. The van der Waals surface area contributed by atoms with E-state index in [9.17, 15) is 14.7 Å². The molecule has 0 aliphatic carbocycles. The van der Waals surface area contributed by atoms with Crippen molar-refractivity contribution in [1.29, 1.82) is 0 Å². The fraction of sp³-hybridized carbons (Fsp3) is 0.476. The molecule has 1 aliphatic heterocycles. The Hall–Kier alpha value is -2.63. The highest BCUT2D eigenvalue weighted by Gasteiger charge is 2.35. The second kappa shape index (κ2) is 7.55. The largest absolute Gasteiger partial charge is 0.478 e. The second-order valence-electron chi connectivity index (χ2n) is 7.96. The number of aromatic nitrogens is 2. The molecule has 6 nitrogen and oxygen atoms in total. The Morgan fingerprint density at radius 2 is 1.81 bits per heavy atom. The number of hydrogen-bond acceptors (Lipinski definition) is 3. The molecule has 1 aromatic heterocycles. The average molecular weight is 369 g/mol. The van der Waals surface area contributed by atoms with E-state index in [0.29, 0.717) is 25.2 Å². The van der Waals surface area contributed by atoms with Crippen LogP contribution < -0.4 is 0 Å². The lowest BCUT2D eigenvalue weighted by Crippen LogP contribution is -2.46. The number of piperidine rings is 1. The third-order valence-electron chi connectivity index (χ3n) is 5.44. The summed E-state index contributed by atoms with van der Waals surface area (Å²) in [7, 11) is 0. The lowest BCUT2D eigenvalue weighted by atomic mass is 9.83. The van der Waals surface area contributed by atoms with Crippen LogP contribution in [0.1, 0.15) is 54.3 Å². The van der Waals surface area contributed by atoms with Gasteiger partial charge < -0.3 is 10.0 Å². The minimum absolute atomic E-state index is 0.138. The second-order valence-corrected chi connectivity index (χ2v) is 7.96. The third kappa shape index (κ3) is 4.04. The number of aromatic carboxylic acids is 1. The van der Waals surface area contributed by atoms with E-state index in [1.807, 2.05) is 36.9 Å². The number of rotatable bonds is 5. The lowest BCUT2D eigenvalue weighted by molar-refractivity contribution is -0.141. The van der Waals surface area contributed by atoms with Crippen LogP contribution in [-0.4, -0.2) is 44.8 Å². The Labute approximate surface area is 159 Å². The molecule has 2 heterocycles. The van der Waals surface area contributed by atoms with Gasteiger partial charge in [0.2, 0.25) is 5.91 Å². The van der Waals surface area contributed by atoms with Crippen LogP contribution in [0.4, 0.5) is 0 Å². The van der Waals surface area contributed by atoms with Crippen molar-refractivity contribution in [2.75, 3.05) is 13.1 Å². The van der Waals surface area contributed by atoms with Crippen molar-refractivity contribution in [2.45, 2.75) is 46.1 Å². The summed E-state index contributed by atoms with van der Waals surface area (Å²) in [4.78, 5) is 26.2. The maximum absolute atomic E-state index is 13.1. The van der Waals surface area contributed by atoms with Crippen molar-refractivity contribution >= 4 is 11.9 Å². The maximum atomic E-state index is 13.1. The fourth-order valence-corrected chi connectivity index (χ4v) is 3.92. The van der Waals surface area contributed by atoms with E-state index in [1.54, 1.807) is 11.6 Å². The number of carboxylic acids is 1. The number of benzene rings is 1. The van der Waals surface area contributed by atoms with Crippen LogP contribution >= 0.6 is 0 Å². The van der Waals surface area contributed by atoms with Crippen LogP contribution in [0.2, 0.25) is 0 Å². The molecule has 144 valence electrons. The summed E-state index contributed by atoms with van der Waals surface area (Å²) in [6, 6.07) is 10.2. The molecule has 1 aliphatic rings. The van der Waals surface area contributed by atoms with Gasteiger partial charge in [-0.1, -0.05) is 44.2 Å². The molecular weight excluding hydrogens is 342 g/mol. The smallest absolute Gasteiger partial charge is 0.339 e. The molecule has 3 rings (SSSR count). The Bertz CT molecular complexity index is 818. The number of nitrogens with zero attached hydrogens (tertiary/aromatic N) is 3. The molecule has 0 atom stereocenters. The molecule has 1 amide bonds. The first-order valence-electron chi connectivity index (χ1n) is 9.40. The molecule has 1 N–H and O–H groups in total. The fourth-order valence-electron chi connectivity index (χ4n) is 3.92. The van der Waals surface area contributed by atoms with E-state index < -0.39 is 11.4 Å². The van der Waals surface area contributed by atoms with Crippen LogP contribution in [0.3, 0.4) is 0 Å². The van der Waals surface area contributed by atoms with Crippen LogP contribution in [0.5, 0.6) is 0 Å². The van der Waals surface area contributed by atoms with Crippen molar-refractivity contribution in [1.82, 2.24) is 14.7 Å². The van der Waals surface area contributed by atoms with Gasteiger partial charge in [-0.25, -0.2) is 4.79 Å². The summed E-state index contributed by atoms with van der Waals surface area (Å²) in [5, 5.41) is 13.5. The van der Waals surface area contributed by atoms with Gasteiger partial charge in [-0.05, 0) is 31.7 Å². The van der Waals surface area contributed by atoms with E-state index in [4.69, 9.17) is 0 Å². The first-order chi connectivity index (χ1) is 12.8. The van der Waals surface area contributed by atoms with Crippen LogP contribution in [0.15, 0.2) is 36.5 Å². The Morgan fingerprint density at radius 1 is 1.19 bits per heavy atom. The Balaban J connectivity index is 1.63. The van der Waals surface area contributed by atoms with Gasteiger partial charge in [0.15, 0.2) is 0 Å². The number of carbonyl (C=O) groups excluding carboxylic acids is 1. The minimum atomic E-state index is -0.950. The van der Waals surface area contributed by atoms with Gasteiger partial charge in [-0.15, -0.1) is 0 Å². The monoisotopic (exact) mass is 369 g/mol. The van der Waals surface area contributed by atoms with Gasteiger partial charge in [0, 0.05) is 18.5 Å². The third-order valence-corrected chi connectivity index (χ3v) is 5.44. The topological polar surface area (TPSA) is 75.4 Å². The molecule has 0 unspecified atom stereocenters. The summed E-state index contributed by atoms with van der Waals surface area (Å²) in [6.07, 6.45) is 3.70. The summed E-state index contributed by atoms with van der Waals surface area (Å²) in [6.45, 7) is 7.14. The minimum Gasteiger partial charge on any atom is -0.478 e. The summed E-state index contributed by atoms with van der Waals surface area (Å²) in [5.74, 6) is -0.776. The van der Waals surface area contributed by atoms with E-state index in [2.05, 4.69) is 17.2 Å². The molecular formula is C21H27N3O3. The van der Waals surface area contributed by atoms with Gasteiger partial charge in [-0.3, -0.25) is 9.48 Å². The average Bonchev–Trinajstić information content (AvgIpc) is 3.03. The SMILES string of the molecule is Cc1c(C(=O)O)cnn1C1CCN(C(=O)C(C)(C)Cc2ccccc2)CC1. The van der Waals surface area contributed by atoms with Crippen molar-refractivity contribution in [3.63, 3.8) is 0 Å². The summed E-state index contributed by atoms with van der Waals surface area (Å²) < 4.78 is 1.81. The molecule has 27 heavy (non-hydrogen) atoms. The van der Waals surface area contributed by atoms with E-state index in [0.717, 1.165) is 12.8 Å². The van der Waals surface area contributed by atoms with Crippen LogP contribution in [0.25, 0.3) is 0 Å². The highest BCUT2D eigenvalue weighted by molar-refractivity contribution is 5.88. The van der Waals surface area contributed by atoms with Crippen LogP contribution in [-0.2, 0) is 11.2 Å². The molecule has 1 fully saturated rings. The zero-order valence-electron chi connectivity index (χ0n) is 16.2. The lowest BCUT2D eigenvalue weighted by Gasteiger charge is -2.37. The predicted molar refractivity (Wildman–Crippen MR) is 103 cm³/mol. The van der Waals surface area contributed by atoms with Crippen molar-refractivity contribution in [3.05, 3.63) is 53.3 Å². The van der Waals surface area contributed by atoms with Gasteiger partial charge in [0.05, 0.1) is 17.9 Å². The molecule has 1 saturated heterocycles. The van der Waals surface area contributed by atoms with Crippen molar-refractivity contribution in [2.24, 2.45) is 5.41 Å². The number of carboxylic acid groups (broad SMARTS) is 1. The predicted octanol–water partition coefficient (Wildman–Crippen LogP) is 3.32. The zero-order valence-corrected chi connectivity index (χ0v) is 16.2. The molecule has 0 radical (unpaired) electrons. The first kappa shape index (κ1) is 19.1. The van der Waals surface area contributed by atoms with Crippen molar-refractivity contribution < 1.29 is 14.7 Å². The molecule has 6 heteroatoms. The highest BCUT2D eigenvalue weighted by Crippen LogP contribution is 2.30.